The van der Waals surface area contributed by atoms with Crippen LogP contribution in [0.25, 0.3) is 0 Å². The standard InChI is InChI=1S/C16H24Cl2N4/c1-19-16(20-8-12-7-14(17)15(18)22(12)2)21-9-13(10-3-4-10)11-5-6-11/h7,10-11,13H,3-6,8-9H2,1-2H3,(H2,19,20,21). The van der Waals surface area contributed by atoms with Crippen molar-refractivity contribution in [2.45, 2.75) is 32.2 Å². The molecule has 2 N–H and O–H groups in total. The Kier molecular flexibility index (Phi) is 4.88. The molecule has 4 nitrogen and oxygen atoms in total. The molecule has 2 aliphatic rings. The predicted molar refractivity (Wildman–Crippen MR) is 92.6 cm³/mol. The van der Waals surface area contributed by atoms with Crippen molar-refractivity contribution in [3.8, 4) is 0 Å². The molecule has 0 aromatic carbocycles. The zero-order valence-electron chi connectivity index (χ0n) is 13.2. The average molecular weight is 343 g/mol. The van der Waals surface area contributed by atoms with Crippen molar-refractivity contribution in [3.63, 3.8) is 0 Å². The van der Waals surface area contributed by atoms with Crippen LogP contribution in [0.15, 0.2) is 11.1 Å². The van der Waals surface area contributed by atoms with Gasteiger partial charge in [0.25, 0.3) is 0 Å². The summed E-state index contributed by atoms with van der Waals surface area (Å²) >= 11 is 12.1. The minimum Gasteiger partial charge on any atom is -0.356 e. The Morgan fingerprint density at radius 2 is 1.91 bits per heavy atom. The quantitative estimate of drug-likeness (QED) is 0.614. The van der Waals surface area contributed by atoms with Crippen molar-refractivity contribution in [2.24, 2.45) is 29.8 Å². The maximum atomic E-state index is 6.09. The summed E-state index contributed by atoms with van der Waals surface area (Å²) in [7, 11) is 3.72. The first-order valence-corrected chi connectivity index (χ1v) is 8.80. The Bertz CT molecular complexity index is 547. The van der Waals surface area contributed by atoms with E-state index in [1.54, 1.807) is 0 Å². The topological polar surface area (TPSA) is 41.4 Å². The van der Waals surface area contributed by atoms with Crippen LogP contribution in [-0.4, -0.2) is 24.1 Å². The van der Waals surface area contributed by atoms with Crippen LogP contribution in [-0.2, 0) is 13.6 Å². The lowest BCUT2D eigenvalue weighted by Crippen LogP contribution is -2.40. The third kappa shape index (κ3) is 3.72. The van der Waals surface area contributed by atoms with Crippen LogP contribution in [0.1, 0.15) is 31.4 Å². The predicted octanol–water partition coefficient (Wildman–Crippen LogP) is 3.43. The molecule has 2 fully saturated rings. The van der Waals surface area contributed by atoms with Gasteiger partial charge in [-0.3, -0.25) is 4.99 Å². The van der Waals surface area contributed by atoms with Gasteiger partial charge in [0.2, 0.25) is 0 Å². The van der Waals surface area contributed by atoms with E-state index in [1.165, 1.54) is 25.7 Å². The fourth-order valence-corrected chi connectivity index (χ4v) is 3.55. The van der Waals surface area contributed by atoms with E-state index in [4.69, 9.17) is 23.2 Å². The van der Waals surface area contributed by atoms with E-state index in [-0.39, 0.29) is 0 Å². The molecule has 0 unspecified atom stereocenters. The first kappa shape index (κ1) is 16.0. The highest BCUT2D eigenvalue weighted by Crippen LogP contribution is 2.48. The third-order valence-corrected chi connectivity index (χ3v) is 5.68. The van der Waals surface area contributed by atoms with E-state index in [0.717, 1.165) is 36.0 Å². The van der Waals surface area contributed by atoms with Gasteiger partial charge >= 0.3 is 0 Å². The van der Waals surface area contributed by atoms with Crippen molar-refractivity contribution in [2.75, 3.05) is 13.6 Å². The van der Waals surface area contributed by atoms with E-state index in [9.17, 15) is 0 Å². The largest absolute Gasteiger partial charge is 0.356 e. The van der Waals surface area contributed by atoms with Gasteiger partial charge in [0.05, 0.1) is 11.6 Å². The summed E-state index contributed by atoms with van der Waals surface area (Å²) in [6.45, 7) is 1.68. The van der Waals surface area contributed by atoms with Crippen molar-refractivity contribution < 1.29 is 0 Å². The molecule has 2 aliphatic carbocycles. The smallest absolute Gasteiger partial charge is 0.191 e. The second-order valence-electron chi connectivity index (χ2n) is 6.48. The molecule has 3 rings (SSSR count). The molecule has 0 bridgehead atoms. The summed E-state index contributed by atoms with van der Waals surface area (Å²) < 4.78 is 1.89. The Morgan fingerprint density at radius 1 is 1.27 bits per heavy atom. The Morgan fingerprint density at radius 3 is 2.36 bits per heavy atom. The number of rotatable bonds is 6. The summed E-state index contributed by atoms with van der Waals surface area (Å²) in [5, 5.41) is 7.99. The SMILES string of the molecule is CN=C(NCc1cc(Cl)c(Cl)n1C)NCC(C1CC1)C1CC1. The van der Waals surface area contributed by atoms with Gasteiger partial charge in [0.15, 0.2) is 5.96 Å². The lowest BCUT2D eigenvalue weighted by molar-refractivity contribution is 0.400. The number of nitrogens with zero attached hydrogens (tertiary/aromatic N) is 2. The zero-order valence-corrected chi connectivity index (χ0v) is 14.7. The van der Waals surface area contributed by atoms with Crippen molar-refractivity contribution >= 4 is 29.2 Å². The molecular formula is C16H24Cl2N4. The van der Waals surface area contributed by atoms with Gasteiger partial charge in [-0.1, -0.05) is 23.2 Å². The second-order valence-corrected chi connectivity index (χ2v) is 7.24. The van der Waals surface area contributed by atoms with Crippen LogP contribution in [0.4, 0.5) is 0 Å². The molecule has 1 heterocycles. The summed E-state index contributed by atoms with van der Waals surface area (Å²) in [5.74, 6) is 3.57. The number of aromatic nitrogens is 1. The number of nitrogens with one attached hydrogen (secondary N) is 2. The molecule has 0 saturated heterocycles. The Balaban J connectivity index is 1.50. The Labute approximate surface area is 142 Å². The van der Waals surface area contributed by atoms with Crippen LogP contribution >= 0.6 is 23.2 Å². The van der Waals surface area contributed by atoms with Gasteiger partial charge in [-0.15, -0.1) is 0 Å². The summed E-state index contributed by atoms with van der Waals surface area (Å²) in [6, 6.07) is 1.89. The van der Waals surface area contributed by atoms with Gasteiger partial charge in [0.1, 0.15) is 5.15 Å². The number of halogens is 2. The van der Waals surface area contributed by atoms with Crippen molar-refractivity contribution in [3.05, 3.63) is 21.9 Å². The van der Waals surface area contributed by atoms with Gasteiger partial charge in [-0.2, -0.15) is 0 Å². The molecular weight excluding hydrogens is 319 g/mol. The number of hydrogen-bond acceptors (Lipinski definition) is 1. The fourth-order valence-electron chi connectivity index (χ4n) is 3.13. The molecule has 2 saturated carbocycles. The minimum absolute atomic E-state index is 0.573. The van der Waals surface area contributed by atoms with Crippen LogP contribution in [0.5, 0.6) is 0 Å². The molecule has 122 valence electrons. The van der Waals surface area contributed by atoms with Crippen LogP contribution in [0.3, 0.4) is 0 Å². The highest BCUT2D eigenvalue weighted by Gasteiger charge is 2.41. The molecule has 0 aliphatic heterocycles. The highest BCUT2D eigenvalue weighted by atomic mass is 35.5. The van der Waals surface area contributed by atoms with Crippen LogP contribution in [0.2, 0.25) is 10.2 Å². The highest BCUT2D eigenvalue weighted by molar-refractivity contribution is 6.41. The van der Waals surface area contributed by atoms with E-state index in [0.29, 0.717) is 16.7 Å². The average Bonchev–Trinajstić information content (AvgIpc) is 3.40. The lowest BCUT2D eigenvalue weighted by Gasteiger charge is -2.19. The molecule has 1 aromatic heterocycles. The van der Waals surface area contributed by atoms with Gasteiger partial charge in [-0.05, 0) is 49.5 Å². The van der Waals surface area contributed by atoms with Gasteiger partial charge in [-0.25, -0.2) is 0 Å². The first-order valence-electron chi connectivity index (χ1n) is 8.04. The van der Waals surface area contributed by atoms with E-state index in [2.05, 4.69) is 15.6 Å². The van der Waals surface area contributed by atoms with E-state index < -0.39 is 0 Å². The molecule has 1 aromatic rings. The minimum atomic E-state index is 0.573. The van der Waals surface area contributed by atoms with E-state index in [1.807, 2.05) is 24.7 Å². The normalized spacial score (nSPS) is 18.9. The second kappa shape index (κ2) is 6.71. The Hall–Kier alpha value is -0.870. The maximum Gasteiger partial charge on any atom is 0.191 e. The molecule has 0 amide bonds. The first-order chi connectivity index (χ1) is 10.6. The van der Waals surface area contributed by atoms with Crippen LogP contribution in [0, 0.1) is 17.8 Å². The zero-order chi connectivity index (χ0) is 15.7. The van der Waals surface area contributed by atoms with Gasteiger partial charge < -0.3 is 15.2 Å². The van der Waals surface area contributed by atoms with E-state index >= 15 is 0 Å². The van der Waals surface area contributed by atoms with Crippen LogP contribution < -0.4 is 10.6 Å². The summed E-state index contributed by atoms with van der Waals surface area (Å²) in [4.78, 5) is 4.31. The molecule has 0 radical (unpaired) electrons. The molecule has 22 heavy (non-hydrogen) atoms. The third-order valence-electron chi connectivity index (χ3n) is 4.84. The lowest BCUT2D eigenvalue weighted by atomic mass is 9.98. The molecule has 0 atom stereocenters. The number of aliphatic imine (C=N–C) groups is 1. The summed E-state index contributed by atoms with van der Waals surface area (Å²) in [5.41, 5.74) is 1.04. The molecule has 6 heteroatoms. The monoisotopic (exact) mass is 342 g/mol. The maximum absolute atomic E-state index is 6.09. The molecule has 0 spiro atoms. The number of hydrogen-bond donors (Lipinski definition) is 2. The van der Waals surface area contributed by atoms with Crippen molar-refractivity contribution in [1.82, 2.24) is 15.2 Å². The fraction of sp³-hybridized carbons (Fsp3) is 0.688. The van der Waals surface area contributed by atoms with Crippen molar-refractivity contribution in [1.29, 1.82) is 0 Å². The number of guanidine groups is 1. The summed E-state index contributed by atoms with van der Waals surface area (Å²) in [6.07, 6.45) is 5.65. The van der Waals surface area contributed by atoms with Gasteiger partial charge in [0, 0.05) is 26.3 Å².